The fourth-order valence-corrected chi connectivity index (χ4v) is 2.66. The van der Waals surface area contributed by atoms with Crippen LogP contribution in [0.15, 0.2) is 48.5 Å². The van der Waals surface area contributed by atoms with Crippen molar-refractivity contribution >= 4 is 17.3 Å². The van der Waals surface area contributed by atoms with Crippen molar-refractivity contribution in [1.29, 1.82) is 0 Å². The first-order chi connectivity index (χ1) is 12.1. The number of ether oxygens (including phenoxy) is 1. The first-order valence-electron chi connectivity index (χ1n) is 8.33. The molecule has 2 aromatic carbocycles. The summed E-state index contributed by atoms with van der Waals surface area (Å²) in [7, 11) is 0. The van der Waals surface area contributed by atoms with Crippen LogP contribution in [0.2, 0.25) is 5.02 Å². The second-order valence-corrected chi connectivity index (χ2v) is 6.21. The molecule has 1 heterocycles. The molecule has 2 aromatic rings. The lowest BCUT2D eigenvalue weighted by atomic mass is 10.2. The molecular formula is C19H24ClFN2O2. The van der Waals surface area contributed by atoms with Gasteiger partial charge in [0.2, 0.25) is 0 Å². The van der Waals surface area contributed by atoms with Crippen molar-refractivity contribution in [3.05, 3.63) is 59.4 Å². The smallest absolute Gasteiger partial charge is 0.123 e. The zero-order valence-electron chi connectivity index (χ0n) is 14.3. The Morgan fingerprint density at radius 2 is 1.88 bits per heavy atom. The van der Waals surface area contributed by atoms with Crippen LogP contribution in [0, 0.1) is 5.82 Å². The van der Waals surface area contributed by atoms with Crippen LogP contribution in [-0.4, -0.2) is 44.0 Å². The van der Waals surface area contributed by atoms with Crippen LogP contribution in [0.25, 0.3) is 0 Å². The summed E-state index contributed by atoms with van der Waals surface area (Å²) < 4.78 is 17.3. The van der Waals surface area contributed by atoms with E-state index in [9.17, 15) is 4.39 Å². The normalized spacial score (nSPS) is 15.1. The molecule has 0 bridgehead atoms. The van der Waals surface area contributed by atoms with Crippen molar-refractivity contribution in [3.63, 3.8) is 0 Å². The lowest BCUT2D eigenvalue weighted by molar-refractivity contribution is 0.123. The van der Waals surface area contributed by atoms with Gasteiger partial charge < -0.3 is 20.1 Å². The zero-order valence-corrected chi connectivity index (χ0v) is 15.0. The Morgan fingerprint density at radius 1 is 1.20 bits per heavy atom. The summed E-state index contributed by atoms with van der Waals surface area (Å²) in [5.74, 6) is 0.516. The third-order valence-electron chi connectivity index (χ3n) is 3.60. The Balaban J connectivity index is 0.000000269. The van der Waals surface area contributed by atoms with E-state index in [2.05, 4.69) is 10.2 Å². The minimum atomic E-state index is -0.475. The minimum Gasteiger partial charge on any atom is -0.491 e. The molecule has 1 aliphatic rings. The molecular weight excluding hydrogens is 343 g/mol. The van der Waals surface area contributed by atoms with Crippen LogP contribution in [0.4, 0.5) is 10.1 Å². The summed E-state index contributed by atoms with van der Waals surface area (Å²) in [5.41, 5.74) is 1.04. The highest BCUT2D eigenvalue weighted by Crippen LogP contribution is 2.30. The molecule has 6 heteroatoms. The largest absolute Gasteiger partial charge is 0.491 e. The van der Waals surface area contributed by atoms with Crippen molar-refractivity contribution in [3.8, 4) is 5.75 Å². The number of nitrogens with zero attached hydrogens (tertiary/aromatic N) is 1. The molecule has 1 atom stereocenters. The van der Waals surface area contributed by atoms with Gasteiger partial charge in [0.25, 0.3) is 0 Å². The number of nitrogens with one attached hydrogen (secondary N) is 1. The molecule has 1 aliphatic heterocycles. The van der Waals surface area contributed by atoms with E-state index in [1.165, 1.54) is 12.1 Å². The first-order valence-corrected chi connectivity index (χ1v) is 8.70. The number of hydrogen-bond acceptors (Lipinski definition) is 4. The number of aliphatic hydroxyl groups is 1. The zero-order chi connectivity index (χ0) is 18.1. The Labute approximate surface area is 153 Å². The van der Waals surface area contributed by atoms with E-state index in [-0.39, 0.29) is 12.4 Å². The average molecular weight is 367 g/mol. The Kier molecular flexibility index (Phi) is 7.98. The highest BCUT2D eigenvalue weighted by Gasteiger charge is 2.14. The number of benzene rings is 2. The maximum atomic E-state index is 11.9. The molecule has 3 rings (SSSR count). The van der Waals surface area contributed by atoms with Crippen LogP contribution in [-0.2, 0) is 0 Å². The van der Waals surface area contributed by atoms with Crippen molar-refractivity contribution in [2.24, 2.45) is 0 Å². The molecule has 1 fully saturated rings. The monoisotopic (exact) mass is 366 g/mol. The summed E-state index contributed by atoms with van der Waals surface area (Å²) in [5, 5.41) is 13.2. The molecule has 0 radical (unpaired) electrons. The summed E-state index contributed by atoms with van der Waals surface area (Å²) in [6.45, 7) is 5.87. The Bertz CT molecular complexity index is 635. The highest BCUT2D eigenvalue weighted by atomic mass is 35.5. The SMILES string of the molecule is CC(O)COc1ccc(N2CCNCC2)c(Cl)c1.Fc1ccccc1. The van der Waals surface area contributed by atoms with Crippen LogP contribution >= 0.6 is 11.6 Å². The molecule has 0 amide bonds. The first kappa shape index (κ1) is 19.5. The molecule has 1 unspecified atom stereocenters. The fourth-order valence-electron chi connectivity index (χ4n) is 2.37. The van der Waals surface area contributed by atoms with Gasteiger partial charge in [-0.2, -0.15) is 0 Å². The van der Waals surface area contributed by atoms with E-state index in [1.54, 1.807) is 31.2 Å². The van der Waals surface area contributed by atoms with E-state index in [0.29, 0.717) is 10.8 Å². The van der Waals surface area contributed by atoms with Crippen molar-refractivity contribution in [2.75, 3.05) is 37.7 Å². The number of halogens is 2. The molecule has 4 nitrogen and oxygen atoms in total. The van der Waals surface area contributed by atoms with E-state index in [0.717, 1.165) is 31.9 Å². The van der Waals surface area contributed by atoms with Gasteiger partial charge in [0.05, 0.1) is 16.8 Å². The van der Waals surface area contributed by atoms with Crippen LogP contribution < -0.4 is 15.0 Å². The summed E-state index contributed by atoms with van der Waals surface area (Å²) in [4.78, 5) is 2.26. The van der Waals surface area contributed by atoms with E-state index in [1.807, 2.05) is 12.1 Å². The Hall–Kier alpha value is -1.82. The lowest BCUT2D eigenvalue weighted by Gasteiger charge is -2.30. The summed E-state index contributed by atoms with van der Waals surface area (Å²) in [6.07, 6.45) is -0.475. The van der Waals surface area contributed by atoms with Crippen LogP contribution in [0.5, 0.6) is 5.75 Å². The molecule has 0 saturated carbocycles. The Morgan fingerprint density at radius 3 is 2.40 bits per heavy atom. The molecule has 2 N–H and O–H groups in total. The van der Waals surface area contributed by atoms with Crippen molar-refractivity contribution < 1.29 is 14.2 Å². The molecule has 0 aromatic heterocycles. The number of piperazine rings is 1. The standard InChI is InChI=1S/C13H19ClN2O2.C6H5F/c1-10(17)9-18-11-2-3-13(12(14)8-11)16-6-4-15-5-7-16;7-6-4-2-1-3-5-6/h2-3,8,10,15,17H,4-7,9H2,1H3;1-5H. The summed E-state index contributed by atoms with van der Waals surface area (Å²) >= 11 is 6.27. The third kappa shape index (κ3) is 6.90. The number of hydrogen-bond donors (Lipinski definition) is 2. The minimum absolute atomic E-state index is 0.178. The fraction of sp³-hybridized carbons (Fsp3) is 0.368. The highest BCUT2D eigenvalue weighted by molar-refractivity contribution is 6.33. The molecule has 1 saturated heterocycles. The van der Waals surface area contributed by atoms with Gasteiger partial charge in [-0.15, -0.1) is 0 Å². The van der Waals surface area contributed by atoms with E-state index < -0.39 is 6.10 Å². The van der Waals surface area contributed by atoms with Gasteiger partial charge in [0.15, 0.2) is 0 Å². The third-order valence-corrected chi connectivity index (χ3v) is 3.90. The van der Waals surface area contributed by atoms with Gasteiger partial charge in [-0.05, 0) is 31.2 Å². The van der Waals surface area contributed by atoms with E-state index in [4.69, 9.17) is 21.4 Å². The summed E-state index contributed by atoms with van der Waals surface area (Å²) in [6, 6.07) is 13.6. The second kappa shape index (κ2) is 10.2. The van der Waals surface area contributed by atoms with Gasteiger partial charge >= 0.3 is 0 Å². The molecule has 0 spiro atoms. The molecule has 136 valence electrons. The molecule has 0 aliphatic carbocycles. The lowest BCUT2D eigenvalue weighted by Crippen LogP contribution is -2.43. The number of rotatable bonds is 4. The van der Waals surface area contributed by atoms with Crippen molar-refractivity contribution in [2.45, 2.75) is 13.0 Å². The van der Waals surface area contributed by atoms with Gasteiger partial charge in [0, 0.05) is 32.2 Å². The predicted molar refractivity (Wildman–Crippen MR) is 100 cm³/mol. The number of anilines is 1. The maximum Gasteiger partial charge on any atom is 0.123 e. The van der Waals surface area contributed by atoms with Crippen molar-refractivity contribution in [1.82, 2.24) is 5.32 Å². The van der Waals surface area contributed by atoms with Gasteiger partial charge in [0.1, 0.15) is 18.2 Å². The maximum absolute atomic E-state index is 11.9. The average Bonchev–Trinajstić information content (AvgIpc) is 2.62. The second-order valence-electron chi connectivity index (χ2n) is 5.81. The van der Waals surface area contributed by atoms with Crippen LogP contribution in [0.1, 0.15) is 6.92 Å². The number of aliphatic hydroxyl groups excluding tert-OH is 1. The predicted octanol–water partition coefficient (Wildman–Crippen LogP) is 3.33. The van der Waals surface area contributed by atoms with Crippen LogP contribution in [0.3, 0.4) is 0 Å². The quantitative estimate of drug-likeness (QED) is 0.871. The van der Waals surface area contributed by atoms with Gasteiger partial charge in [-0.3, -0.25) is 0 Å². The molecule has 25 heavy (non-hydrogen) atoms. The van der Waals surface area contributed by atoms with E-state index >= 15 is 0 Å². The topological polar surface area (TPSA) is 44.7 Å². The van der Waals surface area contributed by atoms with Gasteiger partial charge in [-0.1, -0.05) is 29.8 Å². The van der Waals surface area contributed by atoms with Gasteiger partial charge in [-0.25, -0.2) is 4.39 Å².